The summed E-state index contributed by atoms with van der Waals surface area (Å²) in [5.74, 6) is -0.169. The average molecular weight is 260 g/mol. The van der Waals surface area contributed by atoms with E-state index in [1.807, 2.05) is 19.1 Å². The van der Waals surface area contributed by atoms with Crippen molar-refractivity contribution in [2.75, 3.05) is 6.61 Å². The summed E-state index contributed by atoms with van der Waals surface area (Å²) in [6, 6.07) is 6.80. The Balaban J connectivity index is 2.29. The molecular weight excluding hydrogens is 244 g/mol. The number of ether oxygens (including phenoxy) is 1. The summed E-state index contributed by atoms with van der Waals surface area (Å²) in [6.07, 6.45) is 3.10. The third-order valence-electron chi connectivity index (χ3n) is 2.94. The van der Waals surface area contributed by atoms with E-state index in [4.69, 9.17) is 4.74 Å². The Bertz CT molecular complexity index is 560. The van der Waals surface area contributed by atoms with Crippen LogP contribution in [0.4, 0.5) is 0 Å². The molecule has 19 heavy (non-hydrogen) atoms. The minimum Gasteiger partial charge on any atom is -0.508 e. The fraction of sp³-hybridized carbons (Fsp3) is 0.286. The molecule has 0 spiro atoms. The second kappa shape index (κ2) is 5.56. The van der Waals surface area contributed by atoms with Crippen molar-refractivity contribution < 1.29 is 14.6 Å². The molecule has 0 radical (unpaired) electrons. The molecule has 0 saturated heterocycles. The highest BCUT2D eigenvalue weighted by Crippen LogP contribution is 2.22. The Morgan fingerprint density at radius 2 is 2.11 bits per heavy atom. The van der Waals surface area contributed by atoms with Gasteiger partial charge in [0.2, 0.25) is 0 Å². The third-order valence-corrected chi connectivity index (χ3v) is 2.94. The van der Waals surface area contributed by atoms with Gasteiger partial charge in [0.05, 0.1) is 25.2 Å². The zero-order valence-corrected chi connectivity index (χ0v) is 10.9. The lowest BCUT2D eigenvalue weighted by atomic mass is 10.1. The van der Waals surface area contributed by atoms with E-state index in [2.05, 4.69) is 4.98 Å². The molecule has 5 heteroatoms. The van der Waals surface area contributed by atoms with Gasteiger partial charge in [-0.2, -0.15) is 0 Å². The van der Waals surface area contributed by atoms with Gasteiger partial charge >= 0.3 is 5.97 Å². The van der Waals surface area contributed by atoms with Crippen LogP contribution in [0.15, 0.2) is 36.8 Å². The monoisotopic (exact) mass is 260 g/mol. The van der Waals surface area contributed by atoms with Crippen LogP contribution in [0.1, 0.15) is 35.9 Å². The lowest BCUT2D eigenvalue weighted by Crippen LogP contribution is -2.15. The van der Waals surface area contributed by atoms with Crippen molar-refractivity contribution in [3.63, 3.8) is 0 Å². The van der Waals surface area contributed by atoms with Crippen LogP contribution in [0.25, 0.3) is 0 Å². The molecule has 100 valence electrons. The SMILES string of the molecule is CCOC(=O)c1cncn1C(C)c1ccc(O)cc1. The molecule has 0 aliphatic heterocycles. The molecule has 0 saturated carbocycles. The first-order valence-electron chi connectivity index (χ1n) is 6.11. The molecule has 1 atom stereocenters. The van der Waals surface area contributed by atoms with Gasteiger partial charge in [0, 0.05) is 0 Å². The number of aromatic hydroxyl groups is 1. The van der Waals surface area contributed by atoms with E-state index in [0.29, 0.717) is 12.3 Å². The quantitative estimate of drug-likeness (QED) is 0.857. The summed E-state index contributed by atoms with van der Waals surface area (Å²) >= 11 is 0. The van der Waals surface area contributed by atoms with Crippen molar-refractivity contribution in [2.24, 2.45) is 0 Å². The van der Waals surface area contributed by atoms with Crippen molar-refractivity contribution in [3.8, 4) is 5.75 Å². The normalized spacial score (nSPS) is 12.1. The van der Waals surface area contributed by atoms with Crippen LogP contribution >= 0.6 is 0 Å². The maximum atomic E-state index is 11.8. The molecule has 0 fully saturated rings. The molecule has 0 bridgehead atoms. The number of phenols is 1. The number of esters is 1. The van der Waals surface area contributed by atoms with Gasteiger partial charge in [-0.1, -0.05) is 12.1 Å². The summed E-state index contributed by atoms with van der Waals surface area (Å²) in [6.45, 7) is 4.05. The Morgan fingerprint density at radius 3 is 2.74 bits per heavy atom. The molecule has 1 unspecified atom stereocenters. The van der Waals surface area contributed by atoms with Crippen molar-refractivity contribution in [1.82, 2.24) is 9.55 Å². The van der Waals surface area contributed by atoms with Crippen LogP contribution in [0.2, 0.25) is 0 Å². The maximum absolute atomic E-state index is 11.8. The molecule has 2 rings (SSSR count). The van der Waals surface area contributed by atoms with Crippen molar-refractivity contribution in [3.05, 3.63) is 48.0 Å². The number of hydrogen-bond donors (Lipinski definition) is 1. The van der Waals surface area contributed by atoms with E-state index in [1.165, 1.54) is 6.20 Å². The zero-order chi connectivity index (χ0) is 13.8. The molecule has 1 N–H and O–H groups in total. The van der Waals surface area contributed by atoms with Crippen molar-refractivity contribution >= 4 is 5.97 Å². The van der Waals surface area contributed by atoms with Crippen LogP contribution in [0.3, 0.4) is 0 Å². The second-order valence-electron chi connectivity index (χ2n) is 4.17. The molecule has 5 nitrogen and oxygen atoms in total. The van der Waals surface area contributed by atoms with Crippen LogP contribution in [0.5, 0.6) is 5.75 Å². The number of carbonyl (C=O) groups excluding carboxylic acids is 1. The van der Waals surface area contributed by atoms with E-state index in [0.717, 1.165) is 5.56 Å². The van der Waals surface area contributed by atoms with Gasteiger partial charge in [-0.25, -0.2) is 9.78 Å². The molecule has 0 aliphatic carbocycles. The molecular formula is C14H16N2O3. The van der Waals surface area contributed by atoms with E-state index < -0.39 is 0 Å². The highest BCUT2D eigenvalue weighted by Gasteiger charge is 2.17. The van der Waals surface area contributed by atoms with E-state index in [9.17, 15) is 9.90 Å². The number of phenolic OH excluding ortho intramolecular Hbond substituents is 1. The van der Waals surface area contributed by atoms with Crippen LogP contribution in [-0.4, -0.2) is 27.2 Å². The number of hydrogen-bond acceptors (Lipinski definition) is 4. The number of carbonyl (C=O) groups is 1. The lowest BCUT2D eigenvalue weighted by molar-refractivity contribution is 0.0512. The average Bonchev–Trinajstić information content (AvgIpc) is 2.88. The predicted octanol–water partition coefficient (Wildman–Crippen LogP) is 2.37. The predicted molar refractivity (Wildman–Crippen MR) is 70.1 cm³/mol. The number of imidazole rings is 1. The third kappa shape index (κ3) is 2.76. The summed E-state index contributed by atoms with van der Waals surface area (Å²) in [5, 5.41) is 9.29. The summed E-state index contributed by atoms with van der Waals surface area (Å²) in [4.78, 5) is 15.8. The van der Waals surface area contributed by atoms with Gasteiger partial charge in [0.25, 0.3) is 0 Å². The molecule has 2 aromatic rings. The summed E-state index contributed by atoms with van der Waals surface area (Å²) < 4.78 is 6.75. The van der Waals surface area contributed by atoms with E-state index in [1.54, 1.807) is 30.0 Å². The Morgan fingerprint density at radius 1 is 1.42 bits per heavy atom. The second-order valence-corrected chi connectivity index (χ2v) is 4.17. The summed E-state index contributed by atoms with van der Waals surface area (Å²) in [5.41, 5.74) is 1.39. The number of benzene rings is 1. The van der Waals surface area contributed by atoms with Crippen molar-refractivity contribution in [1.29, 1.82) is 0 Å². The topological polar surface area (TPSA) is 64.3 Å². The maximum Gasteiger partial charge on any atom is 0.356 e. The first-order valence-corrected chi connectivity index (χ1v) is 6.11. The standard InChI is InChI=1S/C14H16N2O3/c1-3-19-14(18)13-8-15-9-16(13)10(2)11-4-6-12(17)7-5-11/h4-10,17H,3H2,1-2H3. The lowest BCUT2D eigenvalue weighted by Gasteiger charge is -2.16. The van der Waals surface area contributed by atoms with Gasteiger partial charge in [0.15, 0.2) is 0 Å². The smallest absolute Gasteiger partial charge is 0.356 e. The fourth-order valence-electron chi connectivity index (χ4n) is 1.89. The van der Waals surface area contributed by atoms with Crippen LogP contribution in [-0.2, 0) is 4.74 Å². The first-order chi connectivity index (χ1) is 9.13. The molecule has 0 aliphatic rings. The van der Waals surface area contributed by atoms with Gasteiger partial charge in [-0.05, 0) is 31.5 Å². The largest absolute Gasteiger partial charge is 0.508 e. The minimum absolute atomic E-state index is 0.0671. The number of rotatable bonds is 4. The fourth-order valence-corrected chi connectivity index (χ4v) is 1.89. The van der Waals surface area contributed by atoms with Crippen LogP contribution < -0.4 is 0 Å². The van der Waals surface area contributed by atoms with Gasteiger partial charge in [-0.15, -0.1) is 0 Å². The van der Waals surface area contributed by atoms with Crippen molar-refractivity contribution in [2.45, 2.75) is 19.9 Å². The molecule has 1 heterocycles. The first kappa shape index (κ1) is 13.1. The molecule has 1 aromatic carbocycles. The number of nitrogens with zero attached hydrogens (tertiary/aromatic N) is 2. The van der Waals surface area contributed by atoms with Gasteiger partial charge < -0.3 is 14.4 Å². The summed E-state index contributed by atoms with van der Waals surface area (Å²) in [7, 11) is 0. The minimum atomic E-state index is -0.384. The van der Waals surface area contributed by atoms with Crippen LogP contribution in [0, 0.1) is 0 Å². The van der Waals surface area contributed by atoms with E-state index in [-0.39, 0.29) is 17.8 Å². The Hall–Kier alpha value is -2.30. The Kier molecular flexibility index (Phi) is 3.85. The van der Waals surface area contributed by atoms with Gasteiger partial charge in [0.1, 0.15) is 11.4 Å². The number of aromatic nitrogens is 2. The van der Waals surface area contributed by atoms with Gasteiger partial charge in [-0.3, -0.25) is 0 Å². The molecule has 0 amide bonds. The highest BCUT2D eigenvalue weighted by molar-refractivity contribution is 5.87. The molecule has 1 aromatic heterocycles. The highest BCUT2D eigenvalue weighted by atomic mass is 16.5. The Labute approximate surface area is 111 Å². The zero-order valence-electron chi connectivity index (χ0n) is 10.9. The van der Waals surface area contributed by atoms with E-state index >= 15 is 0 Å².